The summed E-state index contributed by atoms with van der Waals surface area (Å²) in [6, 6.07) is 3.28. The molecule has 3 heterocycles. The molecule has 1 N–H and O–H groups in total. The Morgan fingerprint density at radius 3 is 2.53 bits per heavy atom. The number of aromatic nitrogens is 4. The van der Waals surface area contributed by atoms with Crippen LogP contribution in [-0.4, -0.2) is 45.8 Å². The van der Waals surface area contributed by atoms with Gasteiger partial charge in [0.25, 0.3) is 0 Å². The molecule has 4 rings (SSSR count). The number of rotatable bonds is 4. The standard InChI is InChI=1S/C21H27N5O3S/c1-12(2)19-20-24-16-8-15(11-27)18(30(5,28)29)9-17(16)25(20)6-7-26(19)21-22-10-13(3)14(4)23-21/h8-10,12,19,27H,6-7,11H2,1-5H3/t19-/m1/s1. The second-order valence-corrected chi connectivity index (χ2v) is 10.3. The van der Waals surface area contributed by atoms with Crippen molar-refractivity contribution in [3.05, 3.63) is 41.0 Å². The molecule has 8 nitrogen and oxygen atoms in total. The van der Waals surface area contributed by atoms with E-state index in [1.807, 2.05) is 20.0 Å². The minimum atomic E-state index is -3.47. The molecule has 1 aliphatic rings. The van der Waals surface area contributed by atoms with E-state index in [4.69, 9.17) is 9.97 Å². The Hall–Kier alpha value is -2.52. The van der Waals surface area contributed by atoms with Gasteiger partial charge in [0, 0.05) is 31.2 Å². The minimum Gasteiger partial charge on any atom is -0.392 e. The summed E-state index contributed by atoms with van der Waals surface area (Å²) in [5.41, 5.74) is 3.83. The molecule has 160 valence electrons. The first kappa shape index (κ1) is 20.7. The van der Waals surface area contributed by atoms with Gasteiger partial charge in [-0.1, -0.05) is 13.8 Å². The van der Waals surface area contributed by atoms with Gasteiger partial charge in [-0.3, -0.25) is 0 Å². The van der Waals surface area contributed by atoms with Gasteiger partial charge in [0.2, 0.25) is 5.95 Å². The number of hydrogen-bond acceptors (Lipinski definition) is 7. The summed E-state index contributed by atoms with van der Waals surface area (Å²) in [5, 5.41) is 9.70. The lowest BCUT2D eigenvalue weighted by molar-refractivity contribution is 0.278. The zero-order valence-corrected chi connectivity index (χ0v) is 18.7. The molecule has 0 fully saturated rings. The second kappa shape index (κ2) is 7.31. The maximum Gasteiger partial charge on any atom is 0.226 e. The van der Waals surface area contributed by atoms with Gasteiger partial charge < -0.3 is 14.6 Å². The van der Waals surface area contributed by atoms with E-state index in [-0.39, 0.29) is 23.5 Å². The van der Waals surface area contributed by atoms with Crippen molar-refractivity contribution >= 4 is 26.8 Å². The largest absolute Gasteiger partial charge is 0.392 e. The fourth-order valence-corrected chi connectivity index (χ4v) is 5.09. The zero-order valence-electron chi connectivity index (χ0n) is 17.9. The summed E-state index contributed by atoms with van der Waals surface area (Å²) in [4.78, 5) is 16.5. The smallest absolute Gasteiger partial charge is 0.226 e. The summed E-state index contributed by atoms with van der Waals surface area (Å²) < 4.78 is 26.6. The van der Waals surface area contributed by atoms with E-state index >= 15 is 0 Å². The first-order chi connectivity index (χ1) is 14.1. The first-order valence-corrected chi connectivity index (χ1v) is 11.9. The van der Waals surface area contributed by atoms with Gasteiger partial charge in [-0.25, -0.2) is 23.4 Å². The zero-order chi connectivity index (χ0) is 21.8. The van der Waals surface area contributed by atoms with Crippen LogP contribution in [0.5, 0.6) is 0 Å². The molecular formula is C21H27N5O3S. The minimum absolute atomic E-state index is 0.0486. The van der Waals surface area contributed by atoms with Crippen LogP contribution in [0.25, 0.3) is 11.0 Å². The molecule has 0 radical (unpaired) electrons. The van der Waals surface area contributed by atoms with Crippen molar-refractivity contribution in [2.45, 2.75) is 51.8 Å². The molecule has 0 aliphatic carbocycles. The van der Waals surface area contributed by atoms with Crippen molar-refractivity contribution in [3.63, 3.8) is 0 Å². The Morgan fingerprint density at radius 1 is 1.20 bits per heavy atom. The molecule has 1 atom stereocenters. The van der Waals surface area contributed by atoms with Crippen LogP contribution >= 0.6 is 0 Å². The molecule has 30 heavy (non-hydrogen) atoms. The van der Waals surface area contributed by atoms with Crippen molar-refractivity contribution in [3.8, 4) is 0 Å². The fourth-order valence-electron chi connectivity index (χ4n) is 4.17. The van der Waals surface area contributed by atoms with Gasteiger partial charge in [-0.05, 0) is 43.0 Å². The van der Waals surface area contributed by atoms with Crippen LogP contribution < -0.4 is 4.90 Å². The molecular weight excluding hydrogens is 402 g/mol. The molecule has 3 aromatic rings. The molecule has 1 aliphatic heterocycles. The van der Waals surface area contributed by atoms with Crippen LogP contribution in [0, 0.1) is 19.8 Å². The van der Waals surface area contributed by atoms with Gasteiger partial charge in [-0.2, -0.15) is 0 Å². The number of aryl methyl sites for hydroxylation is 2. The van der Waals surface area contributed by atoms with E-state index in [0.29, 0.717) is 30.1 Å². The van der Waals surface area contributed by atoms with E-state index in [1.54, 1.807) is 12.1 Å². The van der Waals surface area contributed by atoms with E-state index in [2.05, 4.69) is 28.3 Å². The molecule has 0 spiro atoms. The van der Waals surface area contributed by atoms with Crippen molar-refractivity contribution in [2.24, 2.45) is 5.92 Å². The Balaban J connectivity index is 1.89. The van der Waals surface area contributed by atoms with E-state index in [9.17, 15) is 13.5 Å². The molecule has 2 aromatic heterocycles. The van der Waals surface area contributed by atoms with Gasteiger partial charge in [0.05, 0.1) is 28.6 Å². The van der Waals surface area contributed by atoms with Gasteiger partial charge in [-0.15, -0.1) is 0 Å². The number of hydrogen-bond donors (Lipinski definition) is 1. The molecule has 0 saturated heterocycles. The Morgan fingerprint density at radius 2 is 1.93 bits per heavy atom. The van der Waals surface area contributed by atoms with Crippen LogP contribution in [0.15, 0.2) is 23.2 Å². The van der Waals surface area contributed by atoms with Crippen molar-refractivity contribution < 1.29 is 13.5 Å². The van der Waals surface area contributed by atoms with Crippen LogP contribution in [-0.2, 0) is 23.0 Å². The highest BCUT2D eigenvalue weighted by atomic mass is 32.2. The van der Waals surface area contributed by atoms with Crippen LogP contribution in [0.1, 0.15) is 42.5 Å². The highest BCUT2D eigenvalue weighted by Gasteiger charge is 2.35. The molecule has 0 unspecified atom stereocenters. The Labute approximate surface area is 176 Å². The van der Waals surface area contributed by atoms with Gasteiger partial charge in [0.1, 0.15) is 5.82 Å². The third-order valence-corrected chi connectivity index (χ3v) is 6.97. The number of sulfone groups is 1. The monoisotopic (exact) mass is 429 g/mol. The topological polar surface area (TPSA) is 101 Å². The Kier molecular flexibility index (Phi) is 5.06. The highest BCUT2D eigenvalue weighted by molar-refractivity contribution is 7.90. The van der Waals surface area contributed by atoms with Crippen LogP contribution in [0.2, 0.25) is 0 Å². The van der Waals surface area contributed by atoms with E-state index in [1.165, 1.54) is 0 Å². The summed E-state index contributed by atoms with van der Waals surface area (Å²) >= 11 is 0. The van der Waals surface area contributed by atoms with Crippen LogP contribution in [0.4, 0.5) is 5.95 Å². The third kappa shape index (κ3) is 3.35. The molecule has 1 aromatic carbocycles. The van der Waals surface area contributed by atoms with Gasteiger partial charge in [0.15, 0.2) is 9.84 Å². The molecule has 9 heteroatoms. The molecule has 0 saturated carbocycles. The predicted molar refractivity (Wildman–Crippen MR) is 115 cm³/mol. The lowest BCUT2D eigenvalue weighted by Crippen LogP contribution is -2.42. The number of fused-ring (bicyclic) bond motifs is 3. The van der Waals surface area contributed by atoms with Crippen molar-refractivity contribution in [1.29, 1.82) is 0 Å². The normalized spacial score (nSPS) is 17.0. The lowest BCUT2D eigenvalue weighted by atomic mass is 10.00. The van der Waals surface area contributed by atoms with Crippen LogP contribution in [0.3, 0.4) is 0 Å². The number of aliphatic hydroxyl groups is 1. The number of anilines is 1. The Bertz CT molecular complexity index is 1230. The lowest BCUT2D eigenvalue weighted by Gasteiger charge is -2.38. The third-order valence-electron chi connectivity index (χ3n) is 5.80. The SMILES string of the molecule is Cc1cnc(N2CCn3c(nc4cc(CO)c(S(C)(=O)=O)cc43)[C@H]2C(C)C)nc1C. The van der Waals surface area contributed by atoms with E-state index in [0.717, 1.165) is 28.9 Å². The summed E-state index contributed by atoms with van der Waals surface area (Å²) in [6.45, 7) is 9.23. The van der Waals surface area contributed by atoms with E-state index < -0.39 is 9.84 Å². The highest BCUT2D eigenvalue weighted by Crippen LogP contribution is 2.37. The number of benzene rings is 1. The summed E-state index contributed by atoms with van der Waals surface area (Å²) in [7, 11) is -3.47. The van der Waals surface area contributed by atoms with Gasteiger partial charge >= 0.3 is 0 Å². The second-order valence-electron chi connectivity index (χ2n) is 8.32. The summed E-state index contributed by atoms with van der Waals surface area (Å²) in [6.07, 6.45) is 3.01. The predicted octanol–water partition coefficient (Wildman–Crippen LogP) is 2.56. The number of imidazole rings is 1. The number of nitrogens with zero attached hydrogens (tertiary/aromatic N) is 5. The average molecular weight is 430 g/mol. The van der Waals surface area contributed by atoms with Crippen molar-refractivity contribution in [2.75, 3.05) is 17.7 Å². The number of aliphatic hydroxyl groups excluding tert-OH is 1. The quantitative estimate of drug-likeness (QED) is 0.680. The maximum atomic E-state index is 12.2. The maximum absolute atomic E-state index is 12.2. The first-order valence-electron chi connectivity index (χ1n) is 10.0. The fraction of sp³-hybridized carbons (Fsp3) is 0.476. The summed E-state index contributed by atoms with van der Waals surface area (Å²) in [5.74, 6) is 1.78. The molecule has 0 amide bonds. The molecule has 0 bridgehead atoms. The average Bonchev–Trinajstić information content (AvgIpc) is 3.04. The van der Waals surface area contributed by atoms with Crippen molar-refractivity contribution in [1.82, 2.24) is 19.5 Å².